The lowest BCUT2D eigenvalue weighted by Crippen LogP contribution is -2.35. The van der Waals surface area contributed by atoms with E-state index in [2.05, 4.69) is 28.6 Å². The van der Waals surface area contributed by atoms with Crippen molar-refractivity contribution in [2.24, 2.45) is 0 Å². The van der Waals surface area contributed by atoms with E-state index in [1.54, 1.807) is 6.20 Å². The average molecular weight is 219 g/mol. The summed E-state index contributed by atoms with van der Waals surface area (Å²) in [4.78, 5) is 15.3. The number of carbonyl (C=O) groups excluding carboxylic acids is 1. The van der Waals surface area contributed by atoms with Crippen LogP contribution in [0.4, 0.5) is 0 Å². The van der Waals surface area contributed by atoms with Crippen molar-refractivity contribution in [1.29, 1.82) is 0 Å². The first-order chi connectivity index (χ1) is 7.75. The Morgan fingerprint density at radius 2 is 2.50 bits per heavy atom. The minimum absolute atomic E-state index is 0.167. The minimum atomic E-state index is 0.167. The van der Waals surface area contributed by atoms with Gasteiger partial charge in [0.25, 0.3) is 0 Å². The molecule has 1 aliphatic heterocycles. The summed E-state index contributed by atoms with van der Waals surface area (Å²) in [6, 6.07) is 4.29. The quantitative estimate of drug-likeness (QED) is 0.786. The van der Waals surface area contributed by atoms with E-state index in [4.69, 9.17) is 0 Å². The van der Waals surface area contributed by atoms with Crippen molar-refractivity contribution in [3.05, 3.63) is 29.6 Å². The van der Waals surface area contributed by atoms with Crippen LogP contribution < -0.4 is 10.6 Å². The Hall–Kier alpha value is -1.42. The summed E-state index contributed by atoms with van der Waals surface area (Å²) in [7, 11) is 0. The van der Waals surface area contributed by atoms with Gasteiger partial charge in [0.1, 0.15) is 0 Å². The Balaban J connectivity index is 1.76. The van der Waals surface area contributed by atoms with Gasteiger partial charge in [-0.3, -0.25) is 9.78 Å². The first-order valence-corrected chi connectivity index (χ1v) is 5.66. The fourth-order valence-corrected chi connectivity index (χ4v) is 1.90. The molecule has 1 aromatic rings. The number of hydrogen-bond donors (Lipinski definition) is 2. The van der Waals surface area contributed by atoms with Gasteiger partial charge < -0.3 is 10.6 Å². The lowest BCUT2D eigenvalue weighted by Gasteiger charge is -2.11. The standard InChI is InChI=1S/C12H17N3O/c1-9-3-2-6-14-11(9)8-13-7-10-4-5-12(16)15-10/h2-3,6,10,13H,4-5,7-8H2,1H3,(H,15,16). The van der Waals surface area contributed by atoms with Crippen LogP contribution in [0.5, 0.6) is 0 Å². The van der Waals surface area contributed by atoms with Crippen LogP contribution in [0.1, 0.15) is 24.1 Å². The molecule has 2 rings (SSSR count). The van der Waals surface area contributed by atoms with Gasteiger partial charge in [-0.2, -0.15) is 0 Å². The third-order valence-electron chi connectivity index (χ3n) is 2.89. The molecule has 2 N–H and O–H groups in total. The SMILES string of the molecule is Cc1cccnc1CNCC1CCC(=O)N1. The summed E-state index contributed by atoms with van der Waals surface area (Å²) in [5.41, 5.74) is 2.28. The van der Waals surface area contributed by atoms with Crippen LogP contribution in [0.25, 0.3) is 0 Å². The van der Waals surface area contributed by atoms with Crippen molar-refractivity contribution in [2.75, 3.05) is 6.54 Å². The molecule has 1 amide bonds. The van der Waals surface area contributed by atoms with Gasteiger partial charge in [-0.25, -0.2) is 0 Å². The van der Waals surface area contributed by atoms with E-state index < -0.39 is 0 Å². The number of rotatable bonds is 4. The van der Waals surface area contributed by atoms with Crippen molar-refractivity contribution >= 4 is 5.91 Å². The number of aryl methyl sites for hydroxylation is 1. The van der Waals surface area contributed by atoms with E-state index in [0.29, 0.717) is 6.42 Å². The zero-order valence-electron chi connectivity index (χ0n) is 9.49. The van der Waals surface area contributed by atoms with Crippen molar-refractivity contribution in [2.45, 2.75) is 32.4 Å². The molecule has 86 valence electrons. The monoisotopic (exact) mass is 219 g/mol. The highest BCUT2D eigenvalue weighted by Gasteiger charge is 2.19. The molecule has 4 nitrogen and oxygen atoms in total. The number of carbonyl (C=O) groups is 1. The topological polar surface area (TPSA) is 54.0 Å². The van der Waals surface area contributed by atoms with Gasteiger partial charge in [-0.1, -0.05) is 6.07 Å². The first kappa shape index (κ1) is 11.1. The summed E-state index contributed by atoms with van der Waals surface area (Å²) in [6.07, 6.45) is 3.41. The second kappa shape index (κ2) is 5.07. The van der Waals surface area contributed by atoms with Gasteiger partial charge in [-0.05, 0) is 25.0 Å². The molecule has 1 atom stereocenters. The second-order valence-electron chi connectivity index (χ2n) is 4.20. The van der Waals surface area contributed by atoms with Gasteiger partial charge in [0.2, 0.25) is 5.91 Å². The number of hydrogen-bond acceptors (Lipinski definition) is 3. The Kier molecular flexibility index (Phi) is 3.51. The molecule has 1 saturated heterocycles. The van der Waals surface area contributed by atoms with Crippen LogP contribution in [0, 0.1) is 6.92 Å². The largest absolute Gasteiger partial charge is 0.352 e. The highest BCUT2D eigenvalue weighted by molar-refractivity contribution is 5.78. The molecule has 0 aromatic carbocycles. The first-order valence-electron chi connectivity index (χ1n) is 5.66. The van der Waals surface area contributed by atoms with E-state index in [-0.39, 0.29) is 11.9 Å². The number of nitrogens with one attached hydrogen (secondary N) is 2. The smallest absolute Gasteiger partial charge is 0.220 e. The van der Waals surface area contributed by atoms with Gasteiger partial charge in [-0.15, -0.1) is 0 Å². The van der Waals surface area contributed by atoms with Crippen LogP contribution in [0.15, 0.2) is 18.3 Å². The molecule has 0 bridgehead atoms. The molecule has 0 spiro atoms. The molecule has 1 aliphatic rings. The van der Waals surface area contributed by atoms with Gasteiger partial charge in [0.15, 0.2) is 0 Å². The molecule has 2 heterocycles. The van der Waals surface area contributed by atoms with E-state index in [1.165, 1.54) is 5.56 Å². The molecule has 1 unspecified atom stereocenters. The third-order valence-corrected chi connectivity index (χ3v) is 2.89. The van der Waals surface area contributed by atoms with Crippen molar-refractivity contribution < 1.29 is 4.79 Å². The summed E-state index contributed by atoms with van der Waals surface area (Å²) < 4.78 is 0. The predicted octanol–water partition coefficient (Wildman–Crippen LogP) is 0.758. The zero-order valence-corrected chi connectivity index (χ0v) is 9.49. The van der Waals surface area contributed by atoms with Crippen LogP contribution in [0.3, 0.4) is 0 Å². The zero-order chi connectivity index (χ0) is 11.4. The van der Waals surface area contributed by atoms with Gasteiger partial charge in [0.05, 0.1) is 5.69 Å². The Morgan fingerprint density at radius 3 is 3.19 bits per heavy atom. The maximum atomic E-state index is 11.0. The highest BCUT2D eigenvalue weighted by atomic mass is 16.1. The molecule has 0 aliphatic carbocycles. The summed E-state index contributed by atoms with van der Waals surface area (Å²) in [5.74, 6) is 0.167. The molecule has 1 aromatic heterocycles. The van der Waals surface area contributed by atoms with Crippen LogP contribution in [-0.4, -0.2) is 23.5 Å². The maximum Gasteiger partial charge on any atom is 0.220 e. The summed E-state index contributed by atoms with van der Waals surface area (Å²) in [6.45, 7) is 3.64. The molecule has 4 heteroatoms. The lowest BCUT2D eigenvalue weighted by molar-refractivity contribution is -0.119. The lowest BCUT2D eigenvalue weighted by atomic mass is 10.2. The fourth-order valence-electron chi connectivity index (χ4n) is 1.90. The molecule has 16 heavy (non-hydrogen) atoms. The number of aromatic nitrogens is 1. The summed E-state index contributed by atoms with van der Waals surface area (Å²) >= 11 is 0. The van der Waals surface area contributed by atoms with Crippen LogP contribution >= 0.6 is 0 Å². The Labute approximate surface area is 95.5 Å². The van der Waals surface area contributed by atoms with E-state index in [9.17, 15) is 4.79 Å². The fraction of sp³-hybridized carbons (Fsp3) is 0.500. The maximum absolute atomic E-state index is 11.0. The van der Waals surface area contributed by atoms with Crippen LogP contribution in [0.2, 0.25) is 0 Å². The number of nitrogens with zero attached hydrogens (tertiary/aromatic N) is 1. The Bertz CT molecular complexity index is 378. The molecular formula is C12H17N3O. The molecular weight excluding hydrogens is 202 g/mol. The van der Waals surface area contributed by atoms with E-state index >= 15 is 0 Å². The van der Waals surface area contributed by atoms with Crippen molar-refractivity contribution in [1.82, 2.24) is 15.6 Å². The summed E-state index contributed by atoms with van der Waals surface area (Å²) in [5, 5.41) is 6.26. The van der Waals surface area contributed by atoms with Gasteiger partial charge >= 0.3 is 0 Å². The molecule has 0 radical (unpaired) electrons. The number of amides is 1. The average Bonchev–Trinajstić information content (AvgIpc) is 2.67. The third kappa shape index (κ3) is 2.79. The predicted molar refractivity (Wildman–Crippen MR) is 61.8 cm³/mol. The molecule has 0 saturated carbocycles. The second-order valence-corrected chi connectivity index (χ2v) is 4.20. The van der Waals surface area contributed by atoms with E-state index in [1.807, 2.05) is 6.07 Å². The van der Waals surface area contributed by atoms with Crippen LogP contribution in [-0.2, 0) is 11.3 Å². The molecule has 1 fully saturated rings. The van der Waals surface area contributed by atoms with Crippen molar-refractivity contribution in [3.63, 3.8) is 0 Å². The normalized spacial score (nSPS) is 19.8. The minimum Gasteiger partial charge on any atom is -0.352 e. The highest BCUT2D eigenvalue weighted by Crippen LogP contribution is 2.06. The van der Waals surface area contributed by atoms with E-state index in [0.717, 1.165) is 25.2 Å². The van der Waals surface area contributed by atoms with Crippen molar-refractivity contribution in [3.8, 4) is 0 Å². The Morgan fingerprint density at radius 1 is 1.62 bits per heavy atom. The number of pyridine rings is 1. The van der Waals surface area contributed by atoms with Gasteiger partial charge in [0, 0.05) is 31.7 Å².